The third kappa shape index (κ3) is 10.2. The Kier molecular flexibility index (Phi) is 17.5. The second-order valence-corrected chi connectivity index (χ2v) is 9.49. The van der Waals surface area contributed by atoms with Crippen molar-refractivity contribution >= 4 is 39.0 Å². The minimum Gasteiger partial charge on any atom is -0.455 e. The maximum atomic E-state index is 6.08. The number of benzene rings is 6. The molecule has 0 aliphatic heterocycles. The second kappa shape index (κ2) is 21.6. The van der Waals surface area contributed by atoms with E-state index in [1.165, 1.54) is 39.0 Å². The SMILES string of the molecule is CC.CC.CC.CC.Cc1cccc(-c2cccc3c2oc2ccccc23)c1.c1ccc(N(c2ccccc2)c2ccccc2)cc1. The molecule has 244 valence electrons. The van der Waals surface area contributed by atoms with Crippen molar-refractivity contribution in [2.24, 2.45) is 0 Å². The van der Waals surface area contributed by atoms with Crippen molar-refractivity contribution in [1.29, 1.82) is 0 Å². The molecule has 7 aromatic rings. The smallest absolute Gasteiger partial charge is 0.143 e. The lowest BCUT2D eigenvalue weighted by Crippen LogP contribution is -2.09. The van der Waals surface area contributed by atoms with E-state index in [1.807, 2.05) is 85.7 Å². The normalized spacial score (nSPS) is 9.38. The fraction of sp³-hybridized carbons (Fsp3) is 0.200. The van der Waals surface area contributed by atoms with Crippen LogP contribution in [-0.4, -0.2) is 0 Å². The Morgan fingerprint density at radius 3 is 1.32 bits per heavy atom. The highest BCUT2D eigenvalue weighted by molar-refractivity contribution is 6.09. The Bertz CT molecular complexity index is 1710. The number of hydrogen-bond acceptors (Lipinski definition) is 2. The molecule has 0 saturated heterocycles. The van der Waals surface area contributed by atoms with Crippen LogP contribution < -0.4 is 4.90 Å². The van der Waals surface area contributed by atoms with E-state index in [9.17, 15) is 0 Å². The number of anilines is 3. The van der Waals surface area contributed by atoms with Gasteiger partial charge in [0.25, 0.3) is 0 Å². The Morgan fingerprint density at radius 2 is 0.830 bits per heavy atom. The molecule has 0 fully saturated rings. The molecule has 1 aromatic heterocycles. The van der Waals surface area contributed by atoms with Gasteiger partial charge in [0.2, 0.25) is 0 Å². The van der Waals surface area contributed by atoms with Gasteiger partial charge in [-0.1, -0.05) is 176 Å². The summed E-state index contributed by atoms with van der Waals surface area (Å²) in [5.41, 5.74) is 9.04. The molecule has 0 amide bonds. The lowest BCUT2D eigenvalue weighted by Gasteiger charge is -2.25. The molecule has 2 nitrogen and oxygen atoms in total. The number of hydrogen-bond donors (Lipinski definition) is 0. The van der Waals surface area contributed by atoms with Gasteiger partial charge in [-0.05, 0) is 55.0 Å². The van der Waals surface area contributed by atoms with E-state index in [0.717, 1.165) is 16.7 Å². The van der Waals surface area contributed by atoms with Crippen LogP contribution in [0.3, 0.4) is 0 Å². The first-order chi connectivity index (χ1) is 23.3. The Labute approximate surface area is 284 Å². The number of furan rings is 1. The van der Waals surface area contributed by atoms with Crippen LogP contribution >= 0.6 is 0 Å². The average molecular weight is 624 g/mol. The standard InChI is InChI=1S/C19H14O.C18H15N.4C2H6/c1-13-6-4-7-14(12-13)15-9-5-10-17-16-8-2-3-11-18(16)20-19(15)17;1-4-10-16(11-5-1)19(17-12-6-2-7-13-17)18-14-8-3-9-15-18;4*1-2/h2-12H,1H3;1-15H;4*1-2H3. The van der Waals surface area contributed by atoms with Crippen molar-refractivity contribution in [2.75, 3.05) is 4.90 Å². The summed E-state index contributed by atoms with van der Waals surface area (Å²) in [5, 5.41) is 2.36. The van der Waals surface area contributed by atoms with Crippen molar-refractivity contribution in [2.45, 2.75) is 62.3 Å². The van der Waals surface area contributed by atoms with Gasteiger partial charge in [-0.3, -0.25) is 0 Å². The van der Waals surface area contributed by atoms with E-state index < -0.39 is 0 Å². The van der Waals surface area contributed by atoms with Gasteiger partial charge >= 0.3 is 0 Å². The van der Waals surface area contributed by atoms with Gasteiger partial charge in [-0.2, -0.15) is 0 Å². The van der Waals surface area contributed by atoms with Crippen LogP contribution in [0.25, 0.3) is 33.1 Å². The fourth-order valence-corrected chi connectivity index (χ4v) is 4.97. The summed E-state index contributed by atoms with van der Waals surface area (Å²) in [6, 6.07) is 54.3. The number of aryl methyl sites for hydroxylation is 1. The van der Waals surface area contributed by atoms with Gasteiger partial charge in [-0.15, -0.1) is 0 Å². The van der Waals surface area contributed by atoms with Gasteiger partial charge in [0, 0.05) is 33.4 Å². The van der Waals surface area contributed by atoms with E-state index in [4.69, 9.17) is 4.42 Å². The number of nitrogens with zero attached hydrogens (tertiary/aromatic N) is 1. The molecule has 0 bridgehead atoms. The molecular weight excluding hydrogens is 571 g/mol. The lowest BCUT2D eigenvalue weighted by molar-refractivity contribution is 0.670. The van der Waals surface area contributed by atoms with Crippen LogP contribution in [0.4, 0.5) is 17.1 Å². The molecule has 0 spiro atoms. The molecule has 0 aliphatic carbocycles. The van der Waals surface area contributed by atoms with Crippen LogP contribution in [0, 0.1) is 6.92 Å². The highest BCUT2D eigenvalue weighted by Crippen LogP contribution is 2.36. The fourth-order valence-electron chi connectivity index (χ4n) is 4.97. The summed E-state index contributed by atoms with van der Waals surface area (Å²) in [4.78, 5) is 2.25. The zero-order chi connectivity index (χ0) is 34.4. The quantitative estimate of drug-likeness (QED) is 0.194. The molecule has 0 saturated carbocycles. The Hall–Kier alpha value is -5.08. The highest BCUT2D eigenvalue weighted by Gasteiger charge is 2.12. The number of fused-ring (bicyclic) bond motifs is 3. The summed E-state index contributed by atoms with van der Waals surface area (Å²) in [6.45, 7) is 18.1. The predicted molar refractivity (Wildman–Crippen MR) is 210 cm³/mol. The molecule has 0 N–H and O–H groups in total. The van der Waals surface area contributed by atoms with Crippen LogP contribution in [0.15, 0.2) is 162 Å². The first-order valence-electron chi connectivity index (χ1n) is 17.2. The number of para-hydroxylation sites is 5. The van der Waals surface area contributed by atoms with E-state index in [0.29, 0.717) is 0 Å². The minimum absolute atomic E-state index is 0.947. The topological polar surface area (TPSA) is 16.4 Å². The number of rotatable bonds is 4. The lowest BCUT2D eigenvalue weighted by atomic mass is 10.0. The summed E-state index contributed by atoms with van der Waals surface area (Å²) in [6.07, 6.45) is 0. The highest BCUT2D eigenvalue weighted by atomic mass is 16.3. The molecule has 2 heteroatoms. The summed E-state index contributed by atoms with van der Waals surface area (Å²) in [5.74, 6) is 0. The summed E-state index contributed by atoms with van der Waals surface area (Å²) >= 11 is 0. The van der Waals surface area contributed by atoms with Crippen LogP contribution in [0.5, 0.6) is 0 Å². The van der Waals surface area contributed by atoms with E-state index >= 15 is 0 Å². The van der Waals surface area contributed by atoms with Crippen molar-refractivity contribution < 1.29 is 4.42 Å². The van der Waals surface area contributed by atoms with Gasteiger partial charge in [-0.25, -0.2) is 0 Å². The van der Waals surface area contributed by atoms with E-state index in [1.54, 1.807) is 0 Å². The molecule has 0 unspecified atom stereocenters. The predicted octanol–water partition coefficient (Wildman–Crippen LogP) is 14.8. The Morgan fingerprint density at radius 1 is 0.404 bits per heavy atom. The molecule has 47 heavy (non-hydrogen) atoms. The van der Waals surface area contributed by atoms with Crippen LogP contribution in [-0.2, 0) is 0 Å². The second-order valence-electron chi connectivity index (χ2n) is 9.49. The first kappa shape index (κ1) is 38.1. The minimum atomic E-state index is 0.947. The monoisotopic (exact) mass is 623 g/mol. The van der Waals surface area contributed by atoms with Crippen molar-refractivity contribution in [3.8, 4) is 11.1 Å². The van der Waals surface area contributed by atoms with Crippen molar-refractivity contribution in [1.82, 2.24) is 0 Å². The largest absolute Gasteiger partial charge is 0.455 e. The maximum Gasteiger partial charge on any atom is 0.143 e. The van der Waals surface area contributed by atoms with Crippen molar-refractivity contribution in [3.05, 3.63) is 163 Å². The van der Waals surface area contributed by atoms with Crippen molar-refractivity contribution in [3.63, 3.8) is 0 Å². The van der Waals surface area contributed by atoms with Gasteiger partial charge < -0.3 is 9.32 Å². The molecule has 0 atom stereocenters. The zero-order valence-electron chi connectivity index (χ0n) is 29.9. The Balaban J connectivity index is 0.000000271. The molecule has 6 aromatic carbocycles. The van der Waals surface area contributed by atoms with Gasteiger partial charge in [0.05, 0.1) is 0 Å². The van der Waals surface area contributed by atoms with Crippen LogP contribution in [0.2, 0.25) is 0 Å². The molecular formula is C45H53NO. The molecule has 1 heterocycles. The molecule has 0 aliphatic rings. The summed E-state index contributed by atoms with van der Waals surface area (Å²) in [7, 11) is 0. The van der Waals surface area contributed by atoms with E-state index in [-0.39, 0.29) is 0 Å². The van der Waals surface area contributed by atoms with Gasteiger partial charge in [0.15, 0.2) is 0 Å². The molecule has 7 rings (SSSR count). The third-order valence-electron chi connectivity index (χ3n) is 6.78. The zero-order valence-corrected chi connectivity index (χ0v) is 29.9. The van der Waals surface area contributed by atoms with Crippen LogP contribution in [0.1, 0.15) is 61.0 Å². The maximum absolute atomic E-state index is 6.08. The summed E-state index contributed by atoms with van der Waals surface area (Å²) < 4.78 is 6.08. The average Bonchev–Trinajstić information content (AvgIpc) is 3.56. The van der Waals surface area contributed by atoms with Gasteiger partial charge in [0.1, 0.15) is 11.2 Å². The third-order valence-corrected chi connectivity index (χ3v) is 6.78. The van der Waals surface area contributed by atoms with E-state index in [2.05, 4.69) is 139 Å². The first-order valence-corrected chi connectivity index (χ1v) is 17.2. The molecule has 0 radical (unpaired) electrons.